The normalized spacial score (nSPS) is 15.4. The maximum Gasteiger partial charge on any atom is 0.339 e. The summed E-state index contributed by atoms with van der Waals surface area (Å²) in [5.41, 5.74) is 2.39. The van der Waals surface area contributed by atoms with E-state index in [2.05, 4.69) is 11.1 Å². The fourth-order valence-corrected chi connectivity index (χ4v) is 2.18. The quantitative estimate of drug-likeness (QED) is 0.600. The Kier molecular flexibility index (Phi) is 4.73. The van der Waals surface area contributed by atoms with Gasteiger partial charge in [-0.25, -0.2) is 4.79 Å². The van der Waals surface area contributed by atoms with Gasteiger partial charge in [-0.2, -0.15) is 5.26 Å². The summed E-state index contributed by atoms with van der Waals surface area (Å²) in [4.78, 5) is 15.9. The molecule has 1 fully saturated rings. The molecule has 0 radical (unpaired) electrons. The Morgan fingerprint density at radius 2 is 2.21 bits per heavy atom. The third kappa shape index (κ3) is 3.70. The van der Waals surface area contributed by atoms with E-state index in [1.807, 2.05) is 0 Å². The van der Waals surface area contributed by atoms with E-state index in [9.17, 15) is 10.1 Å². The topological polar surface area (TPSA) is 84.7 Å². The maximum absolute atomic E-state index is 11.8. The second-order valence-corrected chi connectivity index (χ2v) is 5.27. The number of nitrogens with zero attached hydrogens (tertiary/aromatic N) is 2. The molecule has 6 nitrogen and oxygen atoms in total. The second kappa shape index (κ2) is 7.11. The monoisotopic (exact) mass is 324 g/mol. The molecule has 0 spiro atoms. The van der Waals surface area contributed by atoms with Gasteiger partial charge < -0.3 is 14.2 Å². The summed E-state index contributed by atoms with van der Waals surface area (Å²) in [7, 11) is 0. The Hall–Kier alpha value is -2.91. The largest absolute Gasteiger partial charge is 0.489 e. The first-order valence-corrected chi connectivity index (χ1v) is 7.62. The number of carbonyl (C=O) groups is 1. The second-order valence-electron chi connectivity index (χ2n) is 5.27. The fourth-order valence-electron chi connectivity index (χ4n) is 2.18. The zero-order valence-corrected chi connectivity index (χ0v) is 13.2. The standard InChI is InChI=1S/C18H16N2O4/c1-2-22-18(21)15-5-14(8-20-9-15)12-3-4-13(7-19)17(6-12)24-11-16-10-23-16/h3-6,8-9,16H,2,10-11H2,1H3. The molecule has 1 atom stereocenters. The molecule has 1 saturated heterocycles. The van der Waals surface area contributed by atoms with Crippen LogP contribution in [0.4, 0.5) is 0 Å². The number of carbonyl (C=O) groups excluding carboxylic acids is 1. The smallest absolute Gasteiger partial charge is 0.339 e. The fraction of sp³-hybridized carbons (Fsp3) is 0.278. The number of rotatable bonds is 6. The number of epoxide rings is 1. The number of benzene rings is 1. The number of aromatic nitrogens is 1. The van der Waals surface area contributed by atoms with Crippen molar-refractivity contribution in [3.05, 3.63) is 47.8 Å². The first-order valence-electron chi connectivity index (χ1n) is 7.62. The van der Waals surface area contributed by atoms with E-state index in [-0.39, 0.29) is 6.10 Å². The number of hydrogen-bond donors (Lipinski definition) is 0. The van der Waals surface area contributed by atoms with Crippen molar-refractivity contribution in [1.82, 2.24) is 4.98 Å². The van der Waals surface area contributed by atoms with E-state index < -0.39 is 5.97 Å². The van der Waals surface area contributed by atoms with Gasteiger partial charge in [-0.15, -0.1) is 0 Å². The molecule has 1 aromatic carbocycles. The van der Waals surface area contributed by atoms with Gasteiger partial charge in [-0.1, -0.05) is 6.07 Å². The van der Waals surface area contributed by atoms with Crippen LogP contribution in [0.25, 0.3) is 11.1 Å². The first kappa shape index (κ1) is 16.0. The summed E-state index contributed by atoms with van der Waals surface area (Å²) in [6.45, 7) is 3.16. The van der Waals surface area contributed by atoms with Gasteiger partial charge in [0, 0.05) is 18.0 Å². The van der Waals surface area contributed by atoms with E-state index >= 15 is 0 Å². The van der Waals surface area contributed by atoms with Crippen molar-refractivity contribution in [3.63, 3.8) is 0 Å². The molecule has 0 aliphatic carbocycles. The van der Waals surface area contributed by atoms with Crippen molar-refractivity contribution in [2.45, 2.75) is 13.0 Å². The van der Waals surface area contributed by atoms with Crippen molar-refractivity contribution in [2.75, 3.05) is 19.8 Å². The highest BCUT2D eigenvalue weighted by Crippen LogP contribution is 2.28. The molecule has 122 valence electrons. The van der Waals surface area contributed by atoms with E-state index in [4.69, 9.17) is 14.2 Å². The van der Waals surface area contributed by atoms with Gasteiger partial charge in [-0.05, 0) is 30.7 Å². The number of pyridine rings is 1. The van der Waals surface area contributed by atoms with E-state index in [0.29, 0.717) is 36.7 Å². The first-order chi connectivity index (χ1) is 11.7. The molecule has 1 aromatic heterocycles. The SMILES string of the molecule is CCOC(=O)c1cncc(-c2ccc(C#N)c(OCC3CO3)c2)c1. The molecule has 3 rings (SSSR count). The molecule has 1 aliphatic heterocycles. The van der Waals surface area contributed by atoms with Crippen LogP contribution in [0.5, 0.6) is 5.75 Å². The molecule has 1 unspecified atom stereocenters. The van der Waals surface area contributed by atoms with Crippen LogP contribution in [0, 0.1) is 11.3 Å². The van der Waals surface area contributed by atoms with Crippen molar-refractivity contribution < 1.29 is 19.0 Å². The van der Waals surface area contributed by atoms with Gasteiger partial charge in [0.05, 0.1) is 24.3 Å². The third-order valence-electron chi connectivity index (χ3n) is 3.51. The van der Waals surface area contributed by atoms with Gasteiger partial charge in [-0.3, -0.25) is 4.98 Å². The summed E-state index contributed by atoms with van der Waals surface area (Å²) >= 11 is 0. The minimum Gasteiger partial charge on any atom is -0.489 e. The predicted octanol–water partition coefficient (Wildman–Crippen LogP) is 2.57. The van der Waals surface area contributed by atoms with Gasteiger partial charge in [0.1, 0.15) is 24.5 Å². The van der Waals surface area contributed by atoms with Crippen LogP contribution in [-0.2, 0) is 9.47 Å². The highest BCUT2D eigenvalue weighted by molar-refractivity contribution is 5.90. The van der Waals surface area contributed by atoms with Crippen molar-refractivity contribution in [2.24, 2.45) is 0 Å². The van der Waals surface area contributed by atoms with E-state index in [1.165, 1.54) is 6.20 Å². The Morgan fingerprint density at radius 3 is 2.92 bits per heavy atom. The van der Waals surface area contributed by atoms with Crippen LogP contribution in [0.3, 0.4) is 0 Å². The van der Waals surface area contributed by atoms with Gasteiger partial charge >= 0.3 is 5.97 Å². The molecule has 6 heteroatoms. The Labute approximate surface area is 139 Å². The molecule has 0 N–H and O–H groups in total. The summed E-state index contributed by atoms with van der Waals surface area (Å²) < 4.78 is 15.8. The number of esters is 1. The lowest BCUT2D eigenvalue weighted by atomic mass is 10.0. The van der Waals surface area contributed by atoms with Crippen LogP contribution in [0.2, 0.25) is 0 Å². The molecule has 24 heavy (non-hydrogen) atoms. The van der Waals surface area contributed by atoms with E-state index in [0.717, 1.165) is 11.1 Å². The number of nitriles is 1. The summed E-state index contributed by atoms with van der Waals surface area (Å²) in [5, 5.41) is 9.20. The molecular formula is C18H16N2O4. The van der Waals surface area contributed by atoms with Gasteiger partial charge in [0.15, 0.2) is 0 Å². The highest BCUT2D eigenvalue weighted by Gasteiger charge is 2.23. The Balaban J connectivity index is 1.88. The van der Waals surface area contributed by atoms with Crippen molar-refractivity contribution >= 4 is 5.97 Å². The van der Waals surface area contributed by atoms with Crippen LogP contribution in [0.1, 0.15) is 22.8 Å². The number of ether oxygens (including phenoxy) is 3. The molecule has 0 bridgehead atoms. The predicted molar refractivity (Wildman–Crippen MR) is 85.6 cm³/mol. The molecule has 1 aliphatic rings. The molecule has 2 aromatic rings. The summed E-state index contributed by atoms with van der Waals surface area (Å²) in [5.74, 6) is 0.0786. The van der Waals surface area contributed by atoms with Gasteiger partial charge in [0.25, 0.3) is 0 Å². The Bertz CT molecular complexity index is 794. The van der Waals surface area contributed by atoms with Crippen molar-refractivity contribution in [3.8, 4) is 22.9 Å². The molecule has 0 saturated carbocycles. The lowest BCUT2D eigenvalue weighted by Crippen LogP contribution is -2.06. The Morgan fingerprint density at radius 1 is 1.38 bits per heavy atom. The van der Waals surface area contributed by atoms with Gasteiger partial charge in [0.2, 0.25) is 0 Å². The average molecular weight is 324 g/mol. The van der Waals surface area contributed by atoms with Crippen LogP contribution >= 0.6 is 0 Å². The number of hydrogen-bond acceptors (Lipinski definition) is 6. The average Bonchev–Trinajstić information content (AvgIpc) is 3.44. The highest BCUT2D eigenvalue weighted by atomic mass is 16.6. The summed E-state index contributed by atoms with van der Waals surface area (Å²) in [6, 6.07) is 9.07. The molecular weight excluding hydrogens is 308 g/mol. The van der Waals surface area contributed by atoms with Crippen LogP contribution in [-0.4, -0.2) is 36.9 Å². The van der Waals surface area contributed by atoms with Crippen LogP contribution in [0.15, 0.2) is 36.7 Å². The lowest BCUT2D eigenvalue weighted by molar-refractivity contribution is 0.0526. The minimum absolute atomic E-state index is 0.106. The molecule has 2 heterocycles. The van der Waals surface area contributed by atoms with E-state index in [1.54, 1.807) is 37.4 Å². The van der Waals surface area contributed by atoms with Crippen LogP contribution < -0.4 is 4.74 Å². The minimum atomic E-state index is -0.414. The lowest BCUT2D eigenvalue weighted by Gasteiger charge is -2.10. The third-order valence-corrected chi connectivity index (χ3v) is 3.51. The molecule has 0 amide bonds. The summed E-state index contributed by atoms with van der Waals surface area (Å²) in [6.07, 6.45) is 3.22. The zero-order chi connectivity index (χ0) is 16.9. The zero-order valence-electron chi connectivity index (χ0n) is 13.2. The maximum atomic E-state index is 11.8. The van der Waals surface area contributed by atoms with Crippen molar-refractivity contribution in [1.29, 1.82) is 5.26 Å².